The molecule has 0 heterocycles. The van der Waals surface area contributed by atoms with E-state index in [1.807, 2.05) is 0 Å². The van der Waals surface area contributed by atoms with Gasteiger partial charge in [0.05, 0.1) is 25.4 Å². The fraction of sp³-hybridized carbons (Fsp3) is 0.852. The number of rotatable bonds is 48. The molecule has 0 aromatic heterocycles. The third-order valence-electron chi connectivity index (χ3n) is 11.9. The van der Waals surface area contributed by atoms with E-state index in [1.165, 1.54) is 148 Å². The first-order valence-electron chi connectivity index (χ1n) is 26.2. The number of hydrogen-bond donors (Lipinski definition) is 3. The summed E-state index contributed by atoms with van der Waals surface area (Å²) in [4.78, 5) is 24.5. The zero-order valence-electron chi connectivity index (χ0n) is 39.9. The van der Waals surface area contributed by atoms with Gasteiger partial charge in [0, 0.05) is 12.8 Å². The predicted octanol–water partition coefficient (Wildman–Crippen LogP) is 15.7. The molecule has 0 spiro atoms. The summed E-state index contributed by atoms with van der Waals surface area (Å²) in [6, 6.07) is -0.562. The van der Waals surface area contributed by atoms with E-state index in [0.717, 1.165) is 89.9 Å². The fourth-order valence-corrected chi connectivity index (χ4v) is 7.84. The Morgan fingerprint density at radius 1 is 0.467 bits per heavy atom. The molecule has 6 heteroatoms. The van der Waals surface area contributed by atoms with Crippen LogP contribution in [0.5, 0.6) is 0 Å². The maximum Gasteiger partial charge on any atom is 0.305 e. The Hall–Kier alpha value is -1.92. The summed E-state index contributed by atoms with van der Waals surface area (Å²) in [5, 5.41) is 23.2. The SMILES string of the molecule is CCCCC/C=C\C/C=C\CCCCCCCCCCCC(=O)OCCCC/C=C\CCCCCCCC(=O)NC(CO)C(O)CCCCCCCCCCCCCCC. The lowest BCUT2D eigenvalue weighted by atomic mass is 10.0. The monoisotopic (exact) mass is 844 g/mol. The van der Waals surface area contributed by atoms with Crippen LogP contribution in [0.1, 0.15) is 271 Å². The van der Waals surface area contributed by atoms with Crippen molar-refractivity contribution in [1.29, 1.82) is 0 Å². The topological polar surface area (TPSA) is 95.9 Å². The van der Waals surface area contributed by atoms with Crippen molar-refractivity contribution in [2.24, 2.45) is 0 Å². The highest BCUT2D eigenvalue weighted by Gasteiger charge is 2.20. The first-order chi connectivity index (χ1) is 29.5. The second kappa shape index (κ2) is 49.7. The van der Waals surface area contributed by atoms with Crippen molar-refractivity contribution in [2.75, 3.05) is 13.2 Å². The largest absolute Gasteiger partial charge is 0.466 e. The van der Waals surface area contributed by atoms with E-state index in [9.17, 15) is 19.8 Å². The highest BCUT2D eigenvalue weighted by molar-refractivity contribution is 5.76. The Bertz CT molecular complexity index is 977. The molecule has 3 N–H and O–H groups in total. The minimum absolute atomic E-state index is 0.0354. The van der Waals surface area contributed by atoms with Gasteiger partial charge in [-0.2, -0.15) is 0 Å². The molecule has 352 valence electrons. The summed E-state index contributed by atoms with van der Waals surface area (Å²) < 4.78 is 5.45. The summed E-state index contributed by atoms with van der Waals surface area (Å²) in [5.74, 6) is -0.101. The molecule has 0 fully saturated rings. The summed E-state index contributed by atoms with van der Waals surface area (Å²) in [6.07, 6.45) is 59.7. The third kappa shape index (κ3) is 45.6. The molecule has 0 saturated heterocycles. The van der Waals surface area contributed by atoms with Gasteiger partial charge in [0.1, 0.15) is 0 Å². The minimum Gasteiger partial charge on any atom is -0.466 e. The molecule has 0 rings (SSSR count). The number of aliphatic hydroxyl groups excluding tert-OH is 2. The van der Waals surface area contributed by atoms with Gasteiger partial charge in [0.25, 0.3) is 0 Å². The van der Waals surface area contributed by atoms with Crippen molar-refractivity contribution in [1.82, 2.24) is 5.32 Å². The van der Waals surface area contributed by atoms with Crippen molar-refractivity contribution in [3.05, 3.63) is 36.5 Å². The van der Waals surface area contributed by atoms with E-state index in [-0.39, 0.29) is 18.5 Å². The zero-order valence-corrected chi connectivity index (χ0v) is 39.9. The van der Waals surface area contributed by atoms with Gasteiger partial charge >= 0.3 is 5.97 Å². The number of aliphatic hydroxyl groups is 2. The van der Waals surface area contributed by atoms with Crippen LogP contribution in [-0.2, 0) is 14.3 Å². The number of amides is 1. The molecule has 0 saturated carbocycles. The van der Waals surface area contributed by atoms with Gasteiger partial charge in [0.2, 0.25) is 5.91 Å². The fourth-order valence-electron chi connectivity index (χ4n) is 7.84. The van der Waals surface area contributed by atoms with Crippen molar-refractivity contribution in [2.45, 2.75) is 283 Å². The lowest BCUT2D eigenvalue weighted by molar-refractivity contribution is -0.143. The smallest absolute Gasteiger partial charge is 0.305 e. The van der Waals surface area contributed by atoms with Gasteiger partial charge in [-0.05, 0) is 83.5 Å². The van der Waals surface area contributed by atoms with Crippen molar-refractivity contribution >= 4 is 11.9 Å². The highest BCUT2D eigenvalue weighted by atomic mass is 16.5. The van der Waals surface area contributed by atoms with Crippen LogP contribution in [-0.4, -0.2) is 47.4 Å². The van der Waals surface area contributed by atoms with Gasteiger partial charge in [-0.15, -0.1) is 0 Å². The normalized spacial score (nSPS) is 12.9. The number of esters is 1. The quantitative estimate of drug-likeness (QED) is 0.0322. The Labute approximate surface area is 373 Å². The molecule has 60 heavy (non-hydrogen) atoms. The Kier molecular flexibility index (Phi) is 48.1. The van der Waals surface area contributed by atoms with E-state index in [0.29, 0.717) is 25.9 Å². The van der Waals surface area contributed by atoms with Gasteiger partial charge < -0.3 is 20.3 Å². The molecule has 0 bridgehead atoms. The van der Waals surface area contributed by atoms with Crippen LogP contribution in [0.25, 0.3) is 0 Å². The van der Waals surface area contributed by atoms with Crippen LogP contribution in [0.3, 0.4) is 0 Å². The Balaban J connectivity index is 3.50. The van der Waals surface area contributed by atoms with E-state index in [4.69, 9.17) is 4.74 Å². The molecule has 0 aromatic carbocycles. The van der Waals surface area contributed by atoms with Crippen molar-refractivity contribution in [3.8, 4) is 0 Å². The molecular weight excluding hydrogens is 743 g/mol. The molecule has 2 atom stereocenters. The van der Waals surface area contributed by atoms with Crippen molar-refractivity contribution < 1.29 is 24.5 Å². The van der Waals surface area contributed by atoms with Crippen LogP contribution in [0.4, 0.5) is 0 Å². The second-order valence-corrected chi connectivity index (χ2v) is 17.8. The van der Waals surface area contributed by atoms with Crippen LogP contribution in [0.15, 0.2) is 36.5 Å². The van der Waals surface area contributed by atoms with Crippen LogP contribution in [0.2, 0.25) is 0 Å². The van der Waals surface area contributed by atoms with E-state index < -0.39 is 12.1 Å². The lowest BCUT2D eigenvalue weighted by Gasteiger charge is -2.22. The van der Waals surface area contributed by atoms with Crippen LogP contribution in [0, 0.1) is 0 Å². The van der Waals surface area contributed by atoms with E-state index >= 15 is 0 Å². The summed E-state index contributed by atoms with van der Waals surface area (Å²) in [6.45, 7) is 4.84. The minimum atomic E-state index is -0.682. The average Bonchev–Trinajstić information content (AvgIpc) is 3.25. The number of carbonyl (C=O) groups excluding carboxylic acids is 2. The van der Waals surface area contributed by atoms with Crippen LogP contribution >= 0.6 is 0 Å². The molecule has 0 aliphatic heterocycles. The van der Waals surface area contributed by atoms with Gasteiger partial charge in [0.15, 0.2) is 0 Å². The maximum absolute atomic E-state index is 12.4. The third-order valence-corrected chi connectivity index (χ3v) is 11.9. The molecule has 6 nitrogen and oxygen atoms in total. The molecule has 0 aliphatic rings. The highest BCUT2D eigenvalue weighted by Crippen LogP contribution is 2.16. The number of nitrogens with one attached hydrogen (secondary N) is 1. The van der Waals surface area contributed by atoms with Gasteiger partial charge in [-0.3, -0.25) is 9.59 Å². The number of allylic oxidation sites excluding steroid dienone is 6. The summed E-state index contributed by atoms with van der Waals surface area (Å²) >= 11 is 0. The lowest BCUT2D eigenvalue weighted by Crippen LogP contribution is -2.45. The van der Waals surface area contributed by atoms with Crippen molar-refractivity contribution in [3.63, 3.8) is 0 Å². The molecule has 0 aromatic rings. The predicted molar refractivity (Wildman–Crippen MR) is 259 cm³/mol. The van der Waals surface area contributed by atoms with Crippen LogP contribution < -0.4 is 5.32 Å². The number of carbonyl (C=O) groups is 2. The molecular formula is C54H101NO5. The zero-order chi connectivity index (χ0) is 43.7. The Morgan fingerprint density at radius 2 is 0.833 bits per heavy atom. The van der Waals surface area contributed by atoms with Gasteiger partial charge in [-0.25, -0.2) is 0 Å². The average molecular weight is 844 g/mol. The second-order valence-electron chi connectivity index (χ2n) is 17.8. The van der Waals surface area contributed by atoms with E-state index in [2.05, 4.69) is 55.6 Å². The Morgan fingerprint density at radius 3 is 1.32 bits per heavy atom. The standard InChI is InChI=1S/C54H101NO5/c1-3-5-7-9-11-13-15-17-18-19-20-21-22-24-28-32-36-40-44-48-54(59)60-49-45-41-37-33-29-25-27-31-35-39-43-47-53(58)55-51(50-56)52(57)46-42-38-34-30-26-23-16-14-12-10-8-6-4-2/h11,13,17-18,29,33,51-52,56-57H,3-10,12,14-16,19-28,30-32,34-50H2,1-2H3,(H,55,58)/b13-11-,18-17-,33-29-. The molecule has 1 amide bonds. The maximum atomic E-state index is 12.4. The summed E-state index contributed by atoms with van der Waals surface area (Å²) in [5.41, 5.74) is 0. The number of unbranched alkanes of at least 4 members (excludes halogenated alkanes) is 31. The number of hydrogen-bond acceptors (Lipinski definition) is 5. The first-order valence-corrected chi connectivity index (χ1v) is 26.2. The number of ether oxygens (including phenoxy) is 1. The van der Waals surface area contributed by atoms with E-state index in [1.54, 1.807) is 0 Å². The molecule has 0 aliphatic carbocycles. The van der Waals surface area contributed by atoms with Gasteiger partial charge in [-0.1, -0.05) is 211 Å². The first kappa shape index (κ1) is 58.1. The molecule has 2 unspecified atom stereocenters. The summed E-state index contributed by atoms with van der Waals surface area (Å²) in [7, 11) is 0. The molecule has 0 radical (unpaired) electrons.